The van der Waals surface area contributed by atoms with Gasteiger partial charge in [-0.1, -0.05) is 6.92 Å². The van der Waals surface area contributed by atoms with Crippen molar-refractivity contribution in [2.45, 2.75) is 31.2 Å². The van der Waals surface area contributed by atoms with Crippen LogP contribution in [0.2, 0.25) is 0 Å². The average Bonchev–Trinajstić information content (AvgIpc) is 2.28. The van der Waals surface area contributed by atoms with Gasteiger partial charge in [0.15, 0.2) is 9.84 Å². The minimum absolute atomic E-state index is 0.0186. The summed E-state index contributed by atoms with van der Waals surface area (Å²) in [6, 6.07) is 1.55. The van der Waals surface area contributed by atoms with Crippen LogP contribution in [0, 0.1) is 0 Å². The largest absolute Gasteiger partial charge is 0.325 e. The van der Waals surface area contributed by atoms with Crippen LogP contribution >= 0.6 is 0 Å². The van der Waals surface area contributed by atoms with E-state index in [9.17, 15) is 13.2 Å². The van der Waals surface area contributed by atoms with Gasteiger partial charge in [0.25, 0.3) is 5.56 Å². The zero-order valence-electron chi connectivity index (χ0n) is 10.7. The van der Waals surface area contributed by atoms with Crippen LogP contribution in [-0.4, -0.2) is 37.6 Å². The molecule has 18 heavy (non-hydrogen) atoms. The van der Waals surface area contributed by atoms with Crippen LogP contribution < -0.4 is 5.56 Å². The number of aromatic nitrogens is 1. The predicted molar refractivity (Wildman–Crippen MR) is 69.4 cm³/mol. The minimum atomic E-state index is -3.45. The molecule has 0 aromatic carbocycles. The summed E-state index contributed by atoms with van der Waals surface area (Å²) in [6.45, 7) is 3.35. The first-order valence-corrected chi connectivity index (χ1v) is 7.75. The number of aromatic amines is 1. The molecule has 1 aliphatic heterocycles. The molecule has 0 unspecified atom stereocenters. The van der Waals surface area contributed by atoms with Crippen molar-refractivity contribution >= 4 is 9.84 Å². The van der Waals surface area contributed by atoms with Gasteiger partial charge < -0.3 is 9.88 Å². The third-order valence-corrected chi connectivity index (χ3v) is 5.09. The normalized spacial score (nSPS) is 16.6. The van der Waals surface area contributed by atoms with Crippen LogP contribution in [0.3, 0.4) is 0 Å². The Morgan fingerprint density at radius 1 is 1.44 bits per heavy atom. The lowest BCUT2D eigenvalue weighted by Gasteiger charge is -2.24. The van der Waals surface area contributed by atoms with Crippen molar-refractivity contribution in [3.8, 4) is 0 Å². The summed E-state index contributed by atoms with van der Waals surface area (Å²) >= 11 is 0. The van der Waals surface area contributed by atoms with Crippen molar-refractivity contribution in [2.24, 2.45) is 0 Å². The van der Waals surface area contributed by atoms with E-state index < -0.39 is 15.4 Å². The average molecular weight is 270 g/mol. The standard InChI is InChI=1S/C12H18N2O3S/c1-3-6-18(16,17)11-7-9-8-14(2)5-4-10(9)13-12(11)15/h7H,3-6,8H2,1-2H3,(H,13,15). The molecule has 1 N–H and O–H groups in total. The van der Waals surface area contributed by atoms with E-state index in [1.807, 2.05) is 7.05 Å². The van der Waals surface area contributed by atoms with E-state index >= 15 is 0 Å². The van der Waals surface area contributed by atoms with Crippen molar-refractivity contribution < 1.29 is 8.42 Å². The summed E-state index contributed by atoms with van der Waals surface area (Å²) in [5.74, 6) is 0.0186. The van der Waals surface area contributed by atoms with E-state index in [1.54, 1.807) is 13.0 Å². The Morgan fingerprint density at radius 3 is 2.83 bits per heavy atom. The lowest BCUT2D eigenvalue weighted by atomic mass is 10.1. The van der Waals surface area contributed by atoms with Crippen molar-refractivity contribution in [1.82, 2.24) is 9.88 Å². The fraction of sp³-hybridized carbons (Fsp3) is 0.583. The molecule has 1 aromatic heterocycles. The molecule has 1 aromatic rings. The first kappa shape index (κ1) is 13.3. The third-order valence-electron chi connectivity index (χ3n) is 3.17. The van der Waals surface area contributed by atoms with Crippen molar-refractivity contribution in [2.75, 3.05) is 19.3 Å². The van der Waals surface area contributed by atoms with Crippen molar-refractivity contribution in [3.63, 3.8) is 0 Å². The molecule has 2 heterocycles. The van der Waals surface area contributed by atoms with Crippen LogP contribution in [0.15, 0.2) is 15.8 Å². The number of hydrogen-bond donors (Lipinski definition) is 1. The van der Waals surface area contributed by atoms with Gasteiger partial charge in [0.05, 0.1) is 5.75 Å². The SMILES string of the molecule is CCCS(=O)(=O)c1cc2c([nH]c1=O)CCN(C)C2. The number of H-pyrrole nitrogens is 1. The smallest absolute Gasteiger partial charge is 0.266 e. The Labute approximate surface area is 107 Å². The summed E-state index contributed by atoms with van der Waals surface area (Å²) < 4.78 is 24.0. The molecule has 6 heteroatoms. The molecule has 0 aliphatic carbocycles. The van der Waals surface area contributed by atoms with Crippen LogP contribution in [0.25, 0.3) is 0 Å². The summed E-state index contributed by atoms with van der Waals surface area (Å²) in [5, 5.41) is 0. The number of nitrogens with zero attached hydrogens (tertiary/aromatic N) is 1. The molecule has 0 bridgehead atoms. The molecule has 100 valence electrons. The molecule has 0 amide bonds. The Morgan fingerprint density at radius 2 is 2.17 bits per heavy atom. The number of hydrogen-bond acceptors (Lipinski definition) is 4. The second-order valence-corrected chi connectivity index (χ2v) is 6.85. The molecular weight excluding hydrogens is 252 g/mol. The van der Waals surface area contributed by atoms with Gasteiger partial charge >= 0.3 is 0 Å². The minimum Gasteiger partial charge on any atom is -0.325 e. The second kappa shape index (κ2) is 4.85. The van der Waals surface area contributed by atoms with Gasteiger partial charge in [0.2, 0.25) is 0 Å². The van der Waals surface area contributed by atoms with Gasteiger partial charge in [-0.15, -0.1) is 0 Å². The molecule has 0 fully saturated rings. The number of nitrogens with one attached hydrogen (secondary N) is 1. The van der Waals surface area contributed by atoms with Crippen LogP contribution in [0.4, 0.5) is 0 Å². The zero-order chi connectivity index (χ0) is 13.3. The highest BCUT2D eigenvalue weighted by Crippen LogP contribution is 2.18. The maximum Gasteiger partial charge on any atom is 0.266 e. The van der Waals surface area contributed by atoms with E-state index in [2.05, 4.69) is 9.88 Å². The quantitative estimate of drug-likeness (QED) is 0.870. The lowest BCUT2D eigenvalue weighted by Crippen LogP contribution is -2.31. The number of pyridine rings is 1. The molecule has 0 atom stereocenters. The van der Waals surface area contributed by atoms with Crippen LogP contribution in [0.5, 0.6) is 0 Å². The number of rotatable bonds is 3. The number of fused-ring (bicyclic) bond motifs is 1. The fourth-order valence-electron chi connectivity index (χ4n) is 2.24. The second-order valence-electron chi connectivity index (χ2n) is 4.77. The van der Waals surface area contributed by atoms with E-state index in [1.165, 1.54) is 0 Å². The summed E-state index contributed by atoms with van der Waals surface area (Å²) in [6.07, 6.45) is 1.27. The molecule has 1 aliphatic rings. The van der Waals surface area contributed by atoms with Gasteiger partial charge in [-0.25, -0.2) is 8.42 Å². The predicted octanol–water partition coefficient (Wildman–Crippen LogP) is 0.546. The molecule has 0 saturated carbocycles. The van der Waals surface area contributed by atoms with E-state index in [0.29, 0.717) is 13.0 Å². The molecule has 0 spiro atoms. The maximum atomic E-state index is 12.0. The van der Waals surface area contributed by atoms with Crippen molar-refractivity contribution in [1.29, 1.82) is 0 Å². The number of likely N-dealkylation sites (N-methyl/N-ethyl adjacent to an activating group) is 1. The summed E-state index contributed by atoms with van der Waals surface area (Å²) in [5.41, 5.74) is 1.30. The van der Waals surface area contributed by atoms with Gasteiger partial charge in [0, 0.05) is 25.2 Å². The Bertz CT molecular complexity index is 604. The third kappa shape index (κ3) is 2.49. The molecule has 0 saturated heterocycles. The summed E-state index contributed by atoms with van der Waals surface area (Å²) in [4.78, 5) is 16.6. The van der Waals surface area contributed by atoms with Gasteiger partial charge in [-0.3, -0.25) is 4.79 Å². The van der Waals surface area contributed by atoms with Crippen LogP contribution in [0.1, 0.15) is 24.6 Å². The Kier molecular flexibility index (Phi) is 3.59. The van der Waals surface area contributed by atoms with Crippen LogP contribution in [-0.2, 0) is 22.8 Å². The van der Waals surface area contributed by atoms with E-state index in [-0.39, 0.29) is 10.6 Å². The number of sulfone groups is 1. The topological polar surface area (TPSA) is 70.2 Å². The highest BCUT2D eigenvalue weighted by Gasteiger charge is 2.22. The first-order chi connectivity index (χ1) is 8.44. The van der Waals surface area contributed by atoms with Crippen molar-refractivity contribution in [3.05, 3.63) is 27.7 Å². The first-order valence-electron chi connectivity index (χ1n) is 6.10. The maximum absolute atomic E-state index is 12.0. The molecule has 5 nitrogen and oxygen atoms in total. The molecule has 2 rings (SSSR count). The molecular formula is C12H18N2O3S. The highest BCUT2D eigenvalue weighted by atomic mass is 32.2. The lowest BCUT2D eigenvalue weighted by molar-refractivity contribution is 0.309. The van der Waals surface area contributed by atoms with Gasteiger partial charge in [-0.05, 0) is 25.1 Å². The van der Waals surface area contributed by atoms with Gasteiger partial charge in [-0.2, -0.15) is 0 Å². The Balaban J connectivity index is 2.51. The molecule has 0 radical (unpaired) electrons. The zero-order valence-corrected chi connectivity index (χ0v) is 11.5. The van der Waals surface area contributed by atoms with E-state index in [4.69, 9.17) is 0 Å². The fourth-order valence-corrected chi connectivity index (χ4v) is 3.65. The monoisotopic (exact) mass is 270 g/mol. The summed E-state index contributed by atoms with van der Waals surface area (Å²) in [7, 11) is -1.47. The highest BCUT2D eigenvalue weighted by molar-refractivity contribution is 7.91. The Hall–Kier alpha value is -1.14. The van der Waals surface area contributed by atoms with E-state index in [0.717, 1.165) is 24.2 Å². The van der Waals surface area contributed by atoms with Gasteiger partial charge in [0.1, 0.15) is 4.90 Å².